The topological polar surface area (TPSA) is 63.6 Å². The van der Waals surface area contributed by atoms with Crippen molar-refractivity contribution in [3.63, 3.8) is 0 Å². The molecule has 128 valence electrons. The van der Waals surface area contributed by atoms with Crippen LogP contribution in [0.2, 0.25) is 0 Å². The Balaban J connectivity index is 2.76. The van der Waals surface area contributed by atoms with Crippen LogP contribution in [0.1, 0.15) is 22.8 Å². The largest absolute Gasteiger partial charge is 0.423 e. The lowest BCUT2D eigenvalue weighted by molar-refractivity contribution is -0.128. The maximum absolute atomic E-state index is 12.5. The minimum atomic E-state index is -0.592. The number of hydrogen-bond acceptors (Lipinski definition) is 4. The van der Waals surface area contributed by atoms with Crippen LogP contribution < -0.4 is 4.74 Å². The van der Waals surface area contributed by atoms with Crippen molar-refractivity contribution in [1.82, 2.24) is 0 Å². The summed E-state index contributed by atoms with van der Waals surface area (Å²) >= 11 is 0. The van der Waals surface area contributed by atoms with Gasteiger partial charge in [-0.25, -0.2) is 4.79 Å². The van der Waals surface area contributed by atoms with Gasteiger partial charge in [0, 0.05) is 23.8 Å². The van der Waals surface area contributed by atoms with Gasteiger partial charge in [0.2, 0.25) is 0 Å². The van der Waals surface area contributed by atoms with E-state index in [1.807, 2.05) is 30.3 Å². The summed E-state index contributed by atoms with van der Waals surface area (Å²) in [5.41, 5.74) is 2.86. The summed E-state index contributed by atoms with van der Waals surface area (Å²) in [5.74, 6) is -0.480. The van der Waals surface area contributed by atoms with E-state index in [9.17, 15) is 14.7 Å². The summed E-state index contributed by atoms with van der Waals surface area (Å²) in [4.78, 5) is 24.2. The molecule has 0 aliphatic carbocycles. The second-order valence-electron chi connectivity index (χ2n) is 5.54. The first-order valence-electron chi connectivity index (χ1n) is 7.86. The Labute approximate surface area is 147 Å². The molecule has 0 amide bonds. The fourth-order valence-electron chi connectivity index (χ4n) is 2.60. The van der Waals surface area contributed by atoms with E-state index in [4.69, 9.17) is 4.74 Å². The molecule has 2 rings (SSSR count). The van der Waals surface area contributed by atoms with Crippen LogP contribution in [0.5, 0.6) is 5.75 Å². The molecule has 0 heterocycles. The Hall–Kier alpha value is -2.98. The number of Topliss-reactive ketones (excluding diaryl/α,β-unsaturated/α-hetero) is 1. The van der Waals surface area contributed by atoms with E-state index in [2.05, 4.69) is 13.2 Å². The predicted octanol–water partition coefficient (Wildman–Crippen LogP) is 3.74. The average Bonchev–Trinajstić information content (AvgIpc) is 2.62. The molecule has 0 bridgehead atoms. The van der Waals surface area contributed by atoms with Gasteiger partial charge in [0.1, 0.15) is 5.75 Å². The predicted molar refractivity (Wildman–Crippen MR) is 97.6 cm³/mol. The lowest BCUT2D eigenvalue weighted by Gasteiger charge is -2.18. The van der Waals surface area contributed by atoms with Crippen molar-refractivity contribution in [2.45, 2.75) is 13.3 Å². The summed E-state index contributed by atoms with van der Waals surface area (Å²) in [7, 11) is 0. The number of rotatable bonds is 7. The summed E-state index contributed by atoms with van der Waals surface area (Å²) in [6.07, 6.45) is 1.32. The first kappa shape index (κ1) is 18.4. The SMILES string of the molecule is C=CC(=O)Oc1ccc(C(=O)C(=C)C)c(CCO)c1-c1ccccc1. The minimum Gasteiger partial charge on any atom is -0.423 e. The highest BCUT2D eigenvalue weighted by Gasteiger charge is 2.21. The highest BCUT2D eigenvalue weighted by Crippen LogP contribution is 2.36. The molecule has 0 aliphatic rings. The molecule has 0 saturated carbocycles. The molecular formula is C21H20O4. The number of benzene rings is 2. The van der Waals surface area contributed by atoms with Crippen LogP contribution in [0.3, 0.4) is 0 Å². The highest BCUT2D eigenvalue weighted by atomic mass is 16.5. The highest BCUT2D eigenvalue weighted by molar-refractivity contribution is 6.10. The number of esters is 1. The molecule has 0 atom stereocenters. The number of aliphatic hydroxyl groups excluding tert-OH is 1. The van der Waals surface area contributed by atoms with Crippen molar-refractivity contribution in [3.8, 4) is 16.9 Å². The lowest BCUT2D eigenvalue weighted by Crippen LogP contribution is -2.11. The number of carbonyl (C=O) groups excluding carboxylic acids is 2. The van der Waals surface area contributed by atoms with E-state index >= 15 is 0 Å². The van der Waals surface area contributed by atoms with Crippen LogP contribution in [-0.2, 0) is 11.2 Å². The molecular weight excluding hydrogens is 316 g/mol. The van der Waals surface area contributed by atoms with E-state index in [0.29, 0.717) is 28.0 Å². The number of allylic oxidation sites excluding steroid dienone is 1. The van der Waals surface area contributed by atoms with Gasteiger partial charge in [-0.2, -0.15) is 0 Å². The molecule has 0 fully saturated rings. The quantitative estimate of drug-likeness (QED) is 0.362. The first-order chi connectivity index (χ1) is 12.0. The number of carbonyl (C=O) groups is 2. The molecule has 4 nitrogen and oxygen atoms in total. The number of ether oxygens (including phenoxy) is 1. The Morgan fingerprint density at radius 1 is 1.16 bits per heavy atom. The van der Waals surface area contributed by atoms with E-state index in [1.54, 1.807) is 19.1 Å². The zero-order chi connectivity index (χ0) is 18.4. The van der Waals surface area contributed by atoms with Gasteiger partial charge in [-0.1, -0.05) is 43.5 Å². The van der Waals surface area contributed by atoms with Gasteiger partial charge in [-0.15, -0.1) is 0 Å². The Morgan fingerprint density at radius 3 is 2.40 bits per heavy atom. The van der Waals surface area contributed by atoms with Crippen LogP contribution in [0.15, 0.2) is 67.3 Å². The minimum absolute atomic E-state index is 0.144. The monoisotopic (exact) mass is 336 g/mol. The van der Waals surface area contributed by atoms with E-state index in [0.717, 1.165) is 11.6 Å². The maximum Gasteiger partial charge on any atom is 0.335 e. The van der Waals surface area contributed by atoms with Crippen LogP contribution >= 0.6 is 0 Å². The van der Waals surface area contributed by atoms with Gasteiger partial charge in [0.15, 0.2) is 5.78 Å². The van der Waals surface area contributed by atoms with Crippen molar-refractivity contribution in [3.05, 3.63) is 78.4 Å². The zero-order valence-corrected chi connectivity index (χ0v) is 14.1. The van der Waals surface area contributed by atoms with Gasteiger partial charge >= 0.3 is 5.97 Å². The molecule has 0 aliphatic heterocycles. The normalized spacial score (nSPS) is 10.2. The fourth-order valence-corrected chi connectivity index (χ4v) is 2.60. The van der Waals surface area contributed by atoms with Gasteiger partial charge in [0.25, 0.3) is 0 Å². The second-order valence-corrected chi connectivity index (χ2v) is 5.54. The smallest absolute Gasteiger partial charge is 0.335 e. The fraction of sp³-hybridized carbons (Fsp3) is 0.143. The van der Waals surface area contributed by atoms with Crippen LogP contribution in [0.4, 0.5) is 0 Å². The van der Waals surface area contributed by atoms with Crippen molar-refractivity contribution >= 4 is 11.8 Å². The molecule has 0 aromatic heterocycles. The maximum atomic E-state index is 12.5. The molecule has 2 aromatic carbocycles. The van der Waals surface area contributed by atoms with Crippen LogP contribution in [0, 0.1) is 0 Å². The third-order valence-corrected chi connectivity index (χ3v) is 3.71. The van der Waals surface area contributed by atoms with E-state index < -0.39 is 5.97 Å². The molecule has 25 heavy (non-hydrogen) atoms. The zero-order valence-electron chi connectivity index (χ0n) is 14.1. The van der Waals surface area contributed by atoms with Crippen molar-refractivity contribution < 1.29 is 19.4 Å². The molecule has 0 unspecified atom stereocenters. The lowest BCUT2D eigenvalue weighted by atomic mass is 9.89. The summed E-state index contributed by atoms with van der Waals surface area (Å²) in [6.45, 7) is 8.61. The summed E-state index contributed by atoms with van der Waals surface area (Å²) in [5, 5.41) is 9.50. The van der Waals surface area contributed by atoms with Crippen molar-refractivity contribution in [1.29, 1.82) is 0 Å². The molecule has 1 N–H and O–H groups in total. The first-order valence-corrected chi connectivity index (χ1v) is 7.86. The van der Waals surface area contributed by atoms with Gasteiger partial charge < -0.3 is 9.84 Å². The molecule has 0 saturated heterocycles. The molecule has 0 radical (unpaired) electrons. The molecule has 4 heteroatoms. The molecule has 2 aromatic rings. The van der Waals surface area contributed by atoms with Gasteiger partial charge in [-0.3, -0.25) is 4.79 Å². The third-order valence-electron chi connectivity index (χ3n) is 3.71. The van der Waals surface area contributed by atoms with Crippen molar-refractivity contribution in [2.24, 2.45) is 0 Å². The summed E-state index contributed by atoms with van der Waals surface area (Å²) in [6, 6.07) is 12.5. The summed E-state index contributed by atoms with van der Waals surface area (Å²) < 4.78 is 5.36. The molecule has 0 spiro atoms. The number of ketones is 1. The third kappa shape index (κ3) is 4.11. The van der Waals surface area contributed by atoms with Crippen molar-refractivity contribution in [2.75, 3.05) is 6.61 Å². The second kappa shape index (κ2) is 8.22. The van der Waals surface area contributed by atoms with Gasteiger partial charge in [-0.05, 0) is 42.2 Å². The van der Waals surface area contributed by atoms with E-state index in [1.165, 1.54) is 0 Å². The Morgan fingerprint density at radius 2 is 1.84 bits per heavy atom. The number of hydrogen-bond donors (Lipinski definition) is 1. The standard InChI is InChI=1S/C21H20O4/c1-4-19(23)25-18-11-10-17(21(24)14(2)3)16(12-13-22)20(18)15-8-6-5-7-9-15/h4-11,22H,1-2,12-13H2,3H3. The Bertz CT molecular complexity index is 819. The van der Waals surface area contributed by atoms with Crippen LogP contribution in [0.25, 0.3) is 11.1 Å². The van der Waals surface area contributed by atoms with Crippen LogP contribution in [-0.4, -0.2) is 23.5 Å². The van der Waals surface area contributed by atoms with Gasteiger partial charge in [0.05, 0.1) is 0 Å². The Kier molecular flexibility index (Phi) is 6.03. The number of aliphatic hydroxyl groups is 1. The van der Waals surface area contributed by atoms with E-state index in [-0.39, 0.29) is 18.8 Å². The average molecular weight is 336 g/mol.